The number of nitrogens with one attached hydrogen (secondary N) is 1. The molecule has 0 aliphatic heterocycles. The molecule has 5 aliphatic carbocycles. The quantitative estimate of drug-likeness (QED) is 0.488. The number of nitrogens with zero attached hydrogens (tertiary/aromatic N) is 1. The number of carbonyl (C=O) groups is 3. The second-order valence-electron chi connectivity index (χ2n) is 14.3. The van der Waals surface area contributed by atoms with Crippen LogP contribution in [0, 0.1) is 51.2 Å². The summed E-state index contributed by atoms with van der Waals surface area (Å²) in [6, 6.07) is 11.6. The van der Waals surface area contributed by atoms with Gasteiger partial charge >= 0.3 is 0 Å². The van der Waals surface area contributed by atoms with Gasteiger partial charge in [-0.15, -0.1) is 0 Å². The number of hydrogen-bond acceptors (Lipinski definition) is 4. The molecule has 0 radical (unpaired) electrons. The van der Waals surface area contributed by atoms with Crippen molar-refractivity contribution >= 4 is 17.5 Å². The summed E-state index contributed by atoms with van der Waals surface area (Å²) in [5, 5.41) is 13.2. The Morgan fingerprint density at radius 3 is 2.44 bits per heavy atom. The van der Waals surface area contributed by atoms with Gasteiger partial charge in [-0.1, -0.05) is 57.5 Å². The maximum atomic E-state index is 14.3. The zero-order chi connectivity index (χ0) is 27.8. The van der Waals surface area contributed by atoms with Crippen molar-refractivity contribution in [3.8, 4) is 6.07 Å². The monoisotopic (exact) mass is 524 g/mol. The minimum Gasteiger partial charge on any atom is -0.346 e. The van der Waals surface area contributed by atoms with Crippen LogP contribution >= 0.6 is 0 Å². The zero-order valence-corrected chi connectivity index (χ0v) is 23.7. The van der Waals surface area contributed by atoms with E-state index in [9.17, 15) is 19.6 Å². The van der Waals surface area contributed by atoms with E-state index in [1.54, 1.807) is 0 Å². The number of hydrogen-bond donors (Lipinski definition) is 1. The Bertz CT molecular complexity index is 1350. The molecule has 5 nitrogen and oxygen atoms in total. The van der Waals surface area contributed by atoms with Gasteiger partial charge in [0.25, 0.3) is 5.91 Å². The van der Waals surface area contributed by atoms with Crippen LogP contribution in [0.5, 0.6) is 0 Å². The van der Waals surface area contributed by atoms with E-state index in [0.29, 0.717) is 12.0 Å². The molecule has 5 heteroatoms. The van der Waals surface area contributed by atoms with E-state index in [2.05, 4.69) is 39.1 Å². The highest BCUT2D eigenvalue weighted by Crippen LogP contribution is 2.67. The summed E-state index contributed by atoms with van der Waals surface area (Å²) < 4.78 is 0. The van der Waals surface area contributed by atoms with E-state index in [-0.39, 0.29) is 63.1 Å². The smallest absolute Gasteiger partial charge is 0.251 e. The Morgan fingerprint density at radius 1 is 0.974 bits per heavy atom. The summed E-state index contributed by atoms with van der Waals surface area (Å²) >= 11 is 0. The molecule has 7 unspecified atom stereocenters. The average Bonchev–Trinajstić information content (AvgIpc) is 2.90. The molecule has 0 spiro atoms. The second kappa shape index (κ2) is 8.75. The van der Waals surface area contributed by atoms with Gasteiger partial charge in [0.1, 0.15) is 6.07 Å². The summed E-state index contributed by atoms with van der Waals surface area (Å²) in [4.78, 5) is 40.3. The normalized spacial score (nSPS) is 40.5. The molecule has 7 atom stereocenters. The Hall–Kier alpha value is -3.00. The number of fused-ring (bicyclic) bond motifs is 7. The lowest BCUT2D eigenvalue weighted by Crippen LogP contribution is -2.66. The van der Waals surface area contributed by atoms with E-state index in [4.69, 9.17) is 0 Å². The number of carbonyl (C=O) groups excluding carboxylic acids is 3. The van der Waals surface area contributed by atoms with Gasteiger partial charge in [-0.25, -0.2) is 0 Å². The molecule has 6 rings (SSSR count). The van der Waals surface area contributed by atoms with Crippen LogP contribution in [0.1, 0.15) is 89.4 Å². The van der Waals surface area contributed by atoms with Crippen molar-refractivity contribution in [2.24, 2.45) is 39.9 Å². The summed E-state index contributed by atoms with van der Waals surface area (Å²) in [7, 11) is 0. The van der Waals surface area contributed by atoms with Crippen molar-refractivity contribution < 1.29 is 14.4 Å². The van der Waals surface area contributed by atoms with Crippen molar-refractivity contribution in [2.45, 2.75) is 84.6 Å². The first-order chi connectivity index (χ1) is 18.4. The number of rotatable bonds is 2. The first kappa shape index (κ1) is 26.2. The van der Waals surface area contributed by atoms with E-state index < -0.39 is 5.41 Å². The predicted molar refractivity (Wildman–Crippen MR) is 149 cm³/mol. The Labute approximate surface area is 232 Å². The fourth-order valence-electron chi connectivity index (χ4n) is 9.52. The van der Waals surface area contributed by atoms with Crippen molar-refractivity contribution in [3.05, 3.63) is 59.2 Å². The highest BCUT2D eigenvalue weighted by atomic mass is 16.2. The van der Waals surface area contributed by atoms with Crippen LogP contribution in [0.15, 0.2) is 53.6 Å². The molecule has 204 valence electrons. The van der Waals surface area contributed by atoms with Gasteiger partial charge in [0.15, 0.2) is 11.6 Å². The van der Waals surface area contributed by atoms with Crippen LogP contribution in [0.25, 0.3) is 0 Å². The second-order valence-corrected chi connectivity index (χ2v) is 14.3. The maximum Gasteiger partial charge on any atom is 0.251 e. The van der Waals surface area contributed by atoms with Crippen molar-refractivity contribution in [1.29, 1.82) is 5.26 Å². The van der Waals surface area contributed by atoms with Crippen LogP contribution < -0.4 is 5.32 Å². The van der Waals surface area contributed by atoms with Gasteiger partial charge in [0.05, 0.1) is 5.57 Å². The van der Waals surface area contributed by atoms with Crippen molar-refractivity contribution in [3.63, 3.8) is 0 Å². The van der Waals surface area contributed by atoms with Gasteiger partial charge in [-0.3, -0.25) is 14.4 Å². The molecule has 0 bridgehead atoms. The molecule has 39 heavy (non-hydrogen) atoms. The minimum absolute atomic E-state index is 0.0430. The van der Waals surface area contributed by atoms with E-state index in [1.807, 2.05) is 42.5 Å². The van der Waals surface area contributed by atoms with E-state index >= 15 is 0 Å². The molecule has 0 aromatic heterocycles. The maximum absolute atomic E-state index is 14.3. The van der Waals surface area contributed by atoms with E-state index in [1.165, 1.54) is 0 Å². The molecule has 3 fully saturated rings. The fraction of sp³-hybridized carbons (Fsp3) is 0.588. The largest absolute Gasteiger partial charge is 0.346 e. The minimum atomic E-state index is -0.450. The van der Waals surface area contributed by atoms with Crippen LogP contribution in [0.3, 0.4) is 0 Å². The summed E-state index contributed by atoms with van der Waals surface area (Å²) in [5.41, 5.74) is 1.15. The van der Waals surface area contributed by atoms with Crippen molar-refractivity contribution in [1.82, 2.24) is 5.32 Å². The van der Waals surface area contributed by atoms with Gasteiger partial charge < -0.3 is 5.32 Å². The zero-order valence-electron chi connectivity index (χ0n) is 23.7. The van der Waals surface area contributed by atoms with Crippen LogP contribution in [-0.4, -0.2) is 23.0 Å². The third kappa shape index (κ3) is 3.89. The lowest BCUT2D eigenvalue weighted by atomic mass is 9.41. The standard InChI is InChI=1S/C34H40N2O3/c1-31(2)14-15-34(36-30(39)21-8-6-5-7-9-21)13-11-24-29(25(34)19-31)27(38)17-28-32(24,3)12-10-23-16-26(37)22(20-35)18-33(23,28)4/h5-9,17-18,23-25,29H,10-16,19H2,1-4H3,(H,36,39). The van der Waals surface area contributed by atoms with Crippen LogP contribution in [0.2, 0.25) is 0 Å². The summed E-state index contributed by atoms with van der Waals surface area (Å²) in [6.07, 6.45) is 10.7. The molecule has 1 aromatic carbocycles. The third-order valence-corrected chi connectivity index (χ3v) is 11.7. The molecule has 0 saturated heterocycles. The van der Waals surface area contributed by atoms with Crippen LogP contribution in [0.4, 0.5) is 0 Å². The third-order valence-electron chi connectivity index (χ3n) is 11.7. The highest BCUT2D eigenvalue weighted by Gasteiger charge is 2.64. The van der Waals surface area contributed by atoms with E-state index in [0.717, 1.165) is 50.5 Å². The molecule has 1 amide bonds. The number of nitriles is 1. The molecule has 1 aromatic rings. The molecular weight excluding hydrogens is 484 g/mol. The fourth-order valence-corrected chi connectivity index (χ4v) is 9.52. The van der Waals surface area contributed by atoms with Gasteiger partial charge in [-0.2, -0.15) is 5.26 Å². The predicted octanol–water partition coefficient (Wildman–Crippen LogP) is 6.36. The van der Waals surface area contributed by atoms with Gasteiger partial charge in [0, 0.05) is 28.9 Å². The lowest BCUT2D eigenvalue weighted by Gasteiger charge is -2.64. The number of benzene rings is 1. The number of ketones is 2. The molecule has 5 aliphatic rings. The van der Waals surface area contributed by atoms with Gasteiger partial charge in [-0.05, 0) is 91.7 Å². The SMILES string of the molecule is CC1(C)CCC2(NC(=O)c3ccccc3)CCC3C(C(=O)C=C4C5(C)C=C(C#N)C(=O)CC5CCC43C)C2C1. The average molecular weight is 525 g/mol. The Morgan fingerprint density at radius 2 is 1.72 bits per heavy atom. The topological polar surface area (TPSA) is 87.0 Å². The molecule has 3 saturated carbocycles. The van der Waals surface area contributed by atoms with Crippen LogP contribution in [-0.2, 0) is 9.59 Å². The lowest BCUT2D eigenvalue weighted by molar-refractivity contribution is -0.138. The summed E-state index contributed by atoms with van der Waals surface area (Å²) in [5.74, 6) is 0.348. The van der Waals surface area contributed by atoms with Crippen molar-refractivity contribution in [2.75, 3.05) is 0 Å². The number of amides is 1. The molecular formula is C34H40N2O3. The molecule has 0 heterocycles. The Kier molecular flexibility index (Phi) is 5.89. The highest BCUT2D eigenvalue weighted by molar-refractivity contribution is 6.01. The number of allylic oxidation sites excluding steroid dienone is 4. The number of Topliss-reactive ketones (excluding diaryl/α,β-unsaturated/α-hetero) is 1. The van der Waals surface area contributed by atoms with Gasteiger partial charge in [0.2, 0.25) is 0 Å². The Balaban J connectivity index is 1.42. The molecule has 1 N–H and O–H groups in total. The first-order valence-electron chi connectivity index (χ1n) is 14.7. The first-order valence-corrected chi connectivity index (χ1v) is 14.7. The summed E-state index contributed by atoms with van der Waals surface area (Å²) in [6.45, 7) is 9.09.